The SMILES string of the molecule is [C-]#[N+]c1ccc2c(c1)c1cc(-c3ccc4c(c3)C(C)(C)c3ccccc3O4)ccc1n2-c1cc2ccccc2c2ccccc12. The Bertz CT molecular complexity index is 2560. The Morgan fingerprint density at radius 2 is 1.20 bits per heavy atom. The van der Waals surface area contributed by atoms with Crippen molar-refractivity contribution in [3.05, 3.63) is 156 Å². The maximum atomic E-state index is 7.76. The van der Waals surface area contributed by atoms with E-state index in [4.69, 9.17) is 11.3 Å². The highest BCUT2D eigenvalue weighted by atomic mass is 16.5. The molecule has 0 aliphatic carbocycles. The van der Waals surface area contributed by atoms with Crippen molar-refractivity contribution < 1.29 is 4.74 Å². The Labute approximate surface area is 261 Å². The largest absolute Gasteiger partial charge is 0.457 e. The number of para-hydroxylation sites is 1. The number of rotatable bonds is 2. The van der Waals surface area contributed by atoms with Crippen LogP contribution in [-0.4, -0.2) is 4.57 Å². The van der Waals surface area contributed by atoms with Crippen molar-refractivity contribution in [1.29, 1.82) is 0 Å². The molecule has 0 N–H and O–H groups in total. The minimum absolute atomic E-state index is 0.192. The highest BCUT2D eigenvalue weighted by molar-refractivity contribution is 6.16. The Morgan fingerprint density at radius 3 is 2.04 bits per heavy atom. The molecule has 3 nitrogen and oxygen atoms in total. The van der Waals surface area contributed by atoms with Crippen molar-refractivity contribution in [2.45, 2.75) is 19.3 Å². The summed E-state index contributed by atoms with van der Waals surface area (Å²) in [6.07, 6.45) is 0. The van der Waals surface area contributed by atoms with Crippen molar-refractivity contribution >= 4 is 49.0 Å². The van der Waals surface area contributed by atoms with Crippen LogP contribution in [0, 0.1) is 6.57 Å². The summed E-state index contributed by atoms with van der Waals surface area (Å²) in [7, 11) is 0. The smallest absolute Gasteiger partial charge is 0.188 e. The topological polar surface area (TPSA) is 18.5 Å². The summed E-state index contributed by atoms with van der Waals surface area (Å²) >= 11 is 0. The van der Waals surface area contributed by atoms with Crippen LogP contribution >= 0.6 is 0 Å². The molecule has 0 bridgehead atoms. The van der Waals surface area contributed by atoms with Gasteiger partial charge in [-0.3, -0.25) is 0 Å². The summed E-state index contributed by atoms with van der Waals surface area (Å²) in [6.45, 7) is 12.3. The van der Waals surface area contributed by atoms with E-state index in [-0.39, 0.29) is 5.41 Å². The third kappa shape index (κ3) is 3.70. The lowest BCUT2D eigenvalue weighted by atomic mass is 9.75. The first-order valence-corrected chi connectivity index (χ1v) is 15.3. The lowest BCUT2D eigenvalue weighted by Crippen LogP contribution is -2.24. The maximum absolute atomic E-state index is 7.76. The van der Waals surface area contributed by atoms with Crippen molar-refractivity contribution in [2.75, 3.05) is 0 Å². The van der Waals surface area contributed by atoms with Gasteiger partial charge in [0.25, 0.3) is 0 Å². The summed E-state index contributed by atoms with van der Waals surface area (Å²) in [5, 5.41) is 7.09. The summed E-state index contributed by atoms with van der Waals surface area (Å²) in [5.74, 6) is 1.83. The van der Waals surface area contributed by atoms with Crippen molar-refractivity contribution in [2.24, 2.45) is 0 Å². The fourth-order valence-corrected chi connectivity index (χ4v) is 7.36. The fraction of sp³-hybridized carbons (Fsp3) is 0.0714. The van der Waals surface area contributed by atoms with E-state index in [0.29, 0.717) is 5.69 Å². The second-order valence-electron chi connectivity index (χ2n) is 12.5. The molecule has 2 heterocycles. The summed E-state index contributed by atoms with van der Waals surface area (Å²) in [5.41, 5.74) is 8.45. The van der Waals surface area contributed by atoms with Gasteiger partial charge in [0.15, 0.2) is 5.69 Å². The van der Waals surface area contributed by atoms with Crippen molar-refractivity contribution in [3.8, 4) is 28.3 Å². The van der Waals surface area contributed by atoms with Crippen LogP contribution in [0.15, 0.2) is 133 Å². The first-order chi connectivity index (χ1) is 22.0. The van der Waals surface area contributed by atoms with Crippen molar-refractivity contribution in [3.63, 3.8) is 0 Å². The van der Waals surface area contributed by atoms with Crippen LogP contribution in [-0.2, 0) is 5.41 Å². The number of hydrogen-bond donors (Lipinski definition) is 0. The third-order valence-electron chi connectivity index (χ3n) is 9.63. The fourth-order valence-electron chi connectivity index (χ4n) is 7.36. The van der Waals surface area contributed by atoms with Crippen LogP contribution in [0.5, 0.6) is 11.5 Å². The van der Waals surface area contributed by atoms with Crippen LogP contribution < -0.4 is 4.74 Å². The predicted molar refractivity (Wildman–Crippen MR) is 186 cm³/mol. The Kier molecular flexibility index (Phi) is 5.31. The summed E-state index contributed by atoms with van der Waals surface area (Å²) < 4.78 is 8.72. The van der Waals surface area contributed by atoms with Crippen LogP contribution in [0.3, 0.4) is 0 Å². The monoisotopic (exact) mass is 576 g/mol. The molecule has 0 spiro atoms. The van der Waals surface area contributed by atoms with E-state index in [0.717, 1.165) is 50.1 Å². The van der Waals surface area contributed by atoms with Gasteiger partial charge in [0.2, 0.25) is 0 Å². The van der Waals surface area contributed by atoms with Gasteiger partial charge in [-0.15, -0.1) is 0 Å². The van der Waals surface area contributed by atoms with E-state index in [1.54, 1.807) is 0 Å². The average molecular weight is 577 g/mol. The molecule has 0 amide bonds. The van der Waals surface area contributed by atoms with E-state index in [1.807, 2.05) is 24.3 Å². The molecule has 0 unspecified atom stereocenters. The summed E-state index contributed by atoms with van der Waals surface area (Å²) in [6, 6.07) is 47.2. The highest BCUT2D eigenvalue weighted by Crippen LogP contribution is 2.49. The number of hydrogen-bond acceptors (Lipinski definition) is 1. The lowest BCUT2D eigenvalue weighted by molar-refractivity contribution is 0.418. The van der Waals surface area contributed by atoms with Gasteiger partial charge in [-0.1, -0.05) is 98.8 Å². The van der Waals surface area contributed by atoms with E-state index >= 15 is 0 Å². The molecule has 1 aromatic heterocycles. The van der Waals surface area contributed by atoms with Gasteiger partial charge in [-0.2, -0.15) is 0 Å². The quantitative estimate of drug-likeness (QED) is 0.148. The van der Waals surface area contributed by atoms with Crippen LogP contribution in [0.4, 0.5) is 5.69 Å². The lowest BCUT2D eigenvalue weighted by Gasteiger charge is -2.34. The van der Waals surface area contributed by atoms with Gasteiger partial charge < -0.3 is 9.30 Å². The van der Waals surface area contributed by atoms with Crippen LogP contribution in [0.2, 0.25) is 0 Å². The van der Waals surface area contributed by atoms with E-state index in [1.165, 1.54) is 32.7 Å². The molecule has 1 aliphatic rings. The van der Waals surface area contributed by atoms with Gasteiger partial charge in [-0.25, -0.2) is 4.85 Å². The molecule has 0 radical (unpaired) electrons. The minimum Gasteiger partial charge on any atom is -0.457 e. The molecular formula is C42H28N2O. The summed E-state index contributed by atoms with van der Waals surface area (Å²) in [4.78, 5) is 3.79. The number of nitrogens with zero attached hydrogens (tertiary/aromatic N) is 2. The molecule has 9 rings (SSSR count). The first-order valence-electron chi connectivity index (χ1n) is 15.3. The molecule has 0 atom stereocenters. The Hall–Kier alpha value is -5.85. The zero-order valence-corrected chi connectivity index (χ0v) is 25.0. The van der Waals surface area contributed by atoms with Crippen molar-refractivity contribution in [1.82, 2.24) is 4.57 Å². The second-order valence-corrected chi connectivity index (χ2v) is 12.5. The molecule has 3 heteroatoms. The minimum atomic E-state index is -0.192. The molecule has 0 fully saturated rings. The standard InChI is InChI=1S/C42H28N2O/c1-42(2)35-14-8-9-15-40(35)45-41-21-17-27(23-36(41)42)26-16-19-37-33(22-26)34-25-29(43-3)18-20-38(34)44(37)39-24-28-10-4-5-11-30(28)31-12-6-7-13-32(31)39/h4-25H,1-2H3. The normalized spacial score (nSPS) is 13.4. The van der Waals surface area contributed by atoms with Gasteiger partial charge >= 0.3 is 0 Å². The van der Waals surface area contributed by atoms with Gasteiger partial charge in [0.1, 0.15) is 11.5 Å². The highest BCUT2D eigenvalue weighted by Gasteiger charge is 2.34. The molecule has 212 valence electrons. The van der Waals surface area contributed by atoms with Gasteiger partial charge in [0.05, 0.1) is 23.3 Å². The second kappa shape index (κ2) is 9.32. The third-order valence-corrected chi connectivity index (χ3v) is 9.63. The van der Waals surface area contributed by atoms with Gasteiger partial charge in [0, 0.05) is 27.3 Å². The zero-order valence-electron chi connectivity index (χ0n) is 25.0. The van der Waals surface area contributed by atoms with Crippen LogP contribution in [0.1, 0.15) is 25.0 Å². The van der Waals surface area contributed by atoms with Crippen LogP contribution in [0.25, 0.3) is 65.0 Å². The molecule has 0 saturated carbocycles. The molecule has 7 aromatic carbocycles. The number of ether oxygens (including phenoxy) is 1. The molecule has 45 heavy (non-hydrogen) atoms. The number of aromatic nitrogens is 1. The molecule has 0 saturated heterocycles. The molecule has 1 aliphatic heterocycles. The van der Waals surface area contributed by atoms with Gasteiger partial charge in [-0.05, 0) is 81.2 Å². The average Bonchev–Trinajstić information content (AvgIpc) is 3.40. The Balaban J connectivity index is 1.29. The number of benzene rings is 7. The molecule has 8 aromatic rings. The predicted octanol–water partition coefficient (Wildman–Crippen LogP) is 11.7. The maximum Gasteiger partial charge on any atom is 0.188 e. The van der Waals surface area contributed by atoms with E-state index < -0.39 is 0 Å². The molecular weight excluding hydrogens is 548 g/mol. The zero-order chi connectivity index (χ0) is 30.3. The van der Waals surface area contributed by atoms with E-state index in [9.17, 15) is 0 Å². The van der Waals surface area contributed by atoms with E-state index in [2.05, 4.69) is 132 Å². The first kappa shape index (κ1) is 25.6. The number of fused-ring (bicyclic) bond motifs is 8. The Morgan fingerprint density at radius 1 is 0.556 bits per heavy atom.